The molecule has 1 heterocycles. The van der Waals surface area contributed by atoms with Crippen LogP contribution >= 0.6 is 15.9 Å². The Labute approximate surface area is 82.2 Å². The van der Waals surface area contributed by atoms with Crippen molar-refractivity contribution in [3.05, 3.63) is 28.7 Å². The fourth-order valence-electron chi connectivity index (χ4n) is 1.11. The quantitative estimate of drug-likeness (QED) is 0.565. The molecule has 3 nitrogen and oxygen atoms in total. The summed E-state index contributed by atoms with van der Waals surface area (Å²) in [4.78, 5) is 13.4. The van der Waals surface area contributed by atoms with Crippen molar-refractivity contribution >= 4 is 38.9 Å². The van der Waals surface area contributed by atoms with Crippen LogP contribution in [0.2, 0.25) is 0 Å². The van der Waals surface area contributed by atoms with E-state index < -0.39 is 0 Å². The second-order valence-electron chi connectivity index (χ2n) is 2.44. The van der Waals surface area contributed by atoms with Crippen LogP contribution in [0.1, 0.15) is 0 Å². The number of carbonyl (C=O) groups excluding carboxylic acids is 1. The van der Waals surface area contributed by atoms with Crippen LogP contribution in [0.4, 0.5) is 5.88 Å². The van der Waals surface area contributed by atoms with E-state index in [-0.39, 0.29) is 5.88 Å². The molecule has 0 fully saturated rings. The molecule has 2 rings (SSSR count). The highest BCUT2D eigenvalue weighted by Gasteiger charge is 2.04. The minimum absolute atomic E-state index is 0.275. The van der Waals surface area contributed by atoms with Gasteiger partial charge >= 0.3 is 0 Å². The fourth-order valence-corrected chi connectivity index (χ4v) is 1.57. The molecule has 0 aliphatic rings. The summed E-state index contributed by atoms with van der Waals surface area (Å²) in [7, 11) is 0. The van der Waals surface area contributed by atoms with Crippen LogP contribution in [-0.4, -0.2) is 6.08 Å². The van der Waals surface area contributed by atoms with Crippen LogP contribution in [0.15, 0.2) is 38.1 Å². The number of nitrogens with zero attached hydrogens (tertiary/aromatic N) is 1. The van der Waals surface area contributed by atoms with E-state index in [0.717, 1.165) is 9.86 Å². The van der Waals surface area contributed by atoms with E-state index in [9.17, 15) is 4.79 Å². The van der Waals surface area contributed by atoms with E-state index in [1.54, 1.807) is 6.07 Å². The Balaban J connectivity index is 2.75. The maximum absolute atomic E-state index is 9.97. The van der Waals surface area contributed by atoms with Crippen LogP contribution in [0.3, 0.4) is 0 Å². The van der Waals surface area contributed by atoms with Gasteiger partial charge in [0, 0.05) is 15.9 Å². The predicted molar refractivity (Wildman–Crippen MR) is 51.7 cm³/mol. The molecule has 1 aromatic carbocycles. The summed E-state index contributed by atoms with van der Waals surface area (Å²) in [5.41, 5.74) is 0.698. The van der Waals surface area contributed by atoms with Gasteiger partial charge in [0.2, 0.25) is 12.0 Å². The molecular formula is C9H4BrNO2. The minimum Gasteiger partial charge on any atom is -0.438 e. The molecule has 0 bridgehead atoms. The molecular weight excluding hydrogens is 234 g/mol. The average molecular weight is 238 g/mol. The van der Waals surface area contributed by atoms with Gasteiger partial charge in [-0.3, -0.25) is 0 Å². The largest absolute Gasteiger partial charge is 0.438 e. The first kappa shape index (κ1) is 8.23. The zero-order chi connectivity index (χ0) is 9.26. The van der Waals surface area contributed by atoms with E-state index in [0.29, 0.717) is 5.58 Å². The third-order valence-corrected chi connectivity index (χ3v) is 2.34. The summed E-state index contributed by atoms with van der Waals surface area (Å²) in [6.45, 7) is 0. The van der Waals surface area contributed by atoms with E-state index >= 15 is 0 Å². The topological polar surface area (TPSA) is 42.6 Å². The molecule has 4 heteroatoms. The zero-order valence-electron chi connectivity index (χ0n) is 6.45. The SMILES string of the molecule is O=C=Nc1cc2c(Br)cccc2o1. The van der Waals surface area contributed by atoms with Crippen molar-refractivity contribution in [2.75, 3.05) is 0 Å². The average Bonchev–Trinajstić information content (AvgIpc) is 2.49. The molecule has 0 saturated carbocycles. The number of rotatable bonds is 1. The van der Waals surface area contributed by atoms with Crippen molar-refractivity contribution in [1.29, 1.82) is 0 Å². The number of hydrogen-bond acceptors (Lipinski definition) is 3. The van der Waals surface area contributed by atoms with Crippen molar-refractivity contribution in [2.24, 2.45) is 4.99 Å². The van der Waals surface area contributed by atoms with E-state index in [2.05, 4.69) is 20.9 Å². The van der Waals surface area contributed by atoms with E-state index in [4.69, 9.17) is 4.42 Å². The predicted octanol–water partition coefficient (Wildman–Crippen LogP) is 3.16. The summed E-state index contributed by atoms with van der Waals surface area (Å²) in [6.07, 6.45) is 1.43. The van der Waals surface area contributed by atoms with Gasteiger partial charge in [-0.25, -0.2) is 4.79 Å². The lowest BCUT2D eigenvalue weighted by molar-refractivity contribution is 0.561. The maximum Gasteiger partial charge on any atom is 0.243 e. The molecule has 1 aromatic heterocycles. The highest BCUT2D eigenvalue weighted by molar-refractivity contribution is 9.10. The Morgan fingerprint density at radius 1 is 1.46 bits per heavy atom. The summed E-state index contributed by atoms with van der Waals surface area (Å²) < 4.78 is 6.15. The lowest BCUT2D eigenvalue weighted by Crippen LogP contribution is -1.63. The maximum atomic E-state index is 9.97. The normalized spacial score (nSPS) is 9.92. The molecule has 0 N–H and O–H groups in total. The molecule has 0 radical (unpaired) electrons. The third kappa shape index (κ3) is 1.41. The van der Waals surface area contributed by atoms with Crippen LogP contribution < -0.4 is 0 Å². The number of benzene rings is 1. The number of isocyanates is 1. The molecule has 0 aliphatic heterocycles. The van der Waals surface area contributed by atoms with Gasteiger partial charge in [0.05, 0.1) is 0 Å². The first-order chi connectivity index (χ1) is 6.31. The van der Waals surface area contributed by atoms with Crippen molar-refractivity contribution in [2.45, 2.75) is 0 Å². The standard InChI is InChI=1S/C9H4BrNO2/c10-7-2-1-3-8-6(7)4-9(13-8)11-5-12/h1-4H. The molecule has 0 amide bonds. The monoisotopic (exact) mass is 237 g/mol. The van der Waals surface area contributed by atoms with Gasteiger partial charge in [-0.2, -0.15) is 0 Å². The summed E-state index contributed by atoms with van der Waals surface area (Å²) in [6, 6.07) is 7.24. The van der Waals surface area contributed by atoms with Gasteiger partial charge in [0.15, 0.2) is 0 Å². The second-order valence-corrected chi connectivity index (χ2v) is 3.29. The first-order valence-electron chi connectivity index (χ1n) is 3.57. The number of aliphatic imine (C=N–C) groups is 1. The number of fused-ring (bicyclic) bond motifs is 1. The zero-order valence-corrected chi connectivity index (χ0v) is 8.04. The van der Waals surface area contributed by atoms with Crippen LogP contribution in [-0.2, 0) is 4.79 Å². The highest BCUT2D eigenvalue weighted by atomic mass is 79.9. The second kappa shape index (κ2) is 3.17. The lowest BCUT2D eigenvalue weighted by atomic mass is 10.3. The van der Waals surface area contributed by atoms with Gasteiger partial charge < -0.3 is 4.42 Å². The van der Waals surface area contributed by atoms with E-state index in [1.807, 2.05) is 18.2 Å². The molecule has 0 atom stereocenters. The van der Waals surface area contributed by atoms with Crippen molar-refractivity contribution < 1.29 is 9.21 Å². The van der Waals surface area contributed by atoms with E-state index in [1.165, 1.54) is 6.08 Å². The molecule has 2 aromatic rings. The van der Waals surface area contributed by atoms with Crippen LogP contribution in [0.5, 0.6) is 0 Å². The molecule has 0 aliphatic carbocycles. The number of furan rings is 1. The molecule has 0 spiro atoms. The number of halogens is 1. The van der Waals surface area contributed by atoms with Crippen LogP contribution in [0, 0.1) is 0 Å². The van der Waals surface area contributed by atoms with Gasteiger partial charge in [-0.05, 0) is 12.1 Å². The Morgan fingerprint density at radius 3 is 3.00 bits per heavy atom. The Hall–Kier alpha value is -1.38. The molecule has 13 heavy (non-hydrogen) atoms. The third-order valence-electron chi connectivity index (χ3n) is 1.65. The molecule has 0 unspecified atom stereocenters. The highest BCUT2D eigenvalue weighted by Crippen LogP contribution is 2.30. The number of hydrogen-bond donors (Lipinski definition) is 0. The summed E-state index contributed by atoms with van der Waals surface area (Å²) in [5, 5.41) is 0.900. The molecule has 0 saturated heterocycles. The minimum atomic E-state index is 0.275. The summed E-state index contributed by atoms with van der Waals surface area (Å²) >= 11 is 3.36. The van der Waals surface area contributed by atoms with Gasteiger partial charge in [0.25, 0.3) is 0 Å². The Kier molecular flexibility index (Phi) is 2.00. The fraction of sp³-hybridized carbons (Fsp3) is 0. The summed E-state index contributed by atoms with van der Waals surface area (Å²) in [5.74, 6) is 0.275. The van der Waals surface area contributed by atoms with Gasteiger partial charge in [-0.1, -0.05) is 22.0 Å². The Bertz CT molecular complexity index is 497. The Morgan fingerprint density at radius 2 is 2.31 bits per heavy atom. The smallest absolute Gasteiger partial charge is 0.243 e. The van der Waals surface area contributed by atoms with Crippen LogP contribution in [0.25, 0.3) is 11.0 Å². The first-order valence-corrected chi connectivity index (χ1v) is 4.36. The van der Waals surface area contributed by atoms with Crippen molar-refractivity contribution in [3.63, 3.8) is 0 Å². The van der Waals surface area contributed by atoms with Gasteiger partial charge in [-0.15, -0.1) is 4.99 Å². The molecule has 64 valence electrons. The van der Waals surface area contributed by atoms with Gasteiger partial charge in [0.1, 0.15) is 5.58 Å². The van der Waals surface area contributed by atoms with Crippen molar-refractivity contribution in [3.8, 4) is 0 Å². The van der Waals surface area contributed by atoms with Crippen molar-refractivity contribution in [1.82, 2.24) is 0 Å². The lowest BCUT2D eigenvalue weighted by Gasteiger charge is -1.88.